The first-order valence-corrected chi connectivity index (χ1v) is 8.49. The molecule has 3 nitrogen and oxygen atoms in total. The molecule has 1 aromatic carbocycles. The Balaban J connectivity index is 2.20. The SMILES string of the molecule is CCOC(=O)c1cc(Cc2ccccc2)sc1NCC(C)C. The monoisotopic (exact) mass is 317 g/mol. The molecule has 0 spiro atoms. The average Bonchev–Trinajstić information content (AvgIpc) is 2.89. The fourth-order valence-corrected chi connectivity index (χ4v) is 3.20. The standard InChI is InChI=1S/C18H23NO2S/c1-4-21-18(20)16-11-15(10-14-8-6-5-7-9-14)22-17(16)19-12-13(2)3/h5-9,11,13,19H,4,10,12H2,1-3H3. The van der Waals surface area contributed by atoms with E-state index in [2.05, 4.69) is 31.3 Å². The van der Waals surface area contributed by atoms with Gasteiger partial charge in [0, 0.05) is 17.8 Å². The van der Waals surface area contributed by atoms with Crippen LogP contribution in [0.5, 0.6) is 0 Å². The predicted molar refractivity (Wildman–Crippen MR) is 92.9 cm³/mol. The van der Waals surface area contributed by atoms with Gasteiger partial charge in [0.05, 0.1) is 12.2 Å². The smallest absolute Gasteiger partial charge is 0.341 e. The molecule has 0 unspecified atom stereocenters. The lowest BCUT2D eigenvalue weighted by molar-refractivity contribution is 0.0528. The molecule has 1 N–H and O–H groups in total. The molecule has 0 aliphatic heterocycles. The zero-order valence-corrected chi connectivity index (χ0v) is 14.2. The lowest BCUT2D eigenvalue weighted by atomic mass is 10.1. The molecule has 0 bridgehead atoms. The molecule has 0 amide bonds. The molecular weight excluding hydrogens is 294 g/mol. The van der Waals surface area contributed by atoms with Crippen LogP contribution in [-0.2, 0) is 11.2 Å². The number of benzene rings is 1. The molecule has 0 aliphatic rings. The van der Waals surface area contributed by atoms with Crippen LogP contribution in [0.1, 0.15) is 41.6 Å². The molecule has 0 atom stereocenters. The second kappa shape index (κ2) is 7.99. The van der Waals surface area contributed by atoms with E-state index in [1.807, 2.05) is 31.2 Å². The van der Waals surface area contributed by atoms with Crippen LogP contribution in [0.25, 0.3) is 0 Å². The molecule has 0 radical (unpaired) electrons. The number of carbonyl (C=O) groups is 1. The minimum Gasteiger partial charge on any atom is -0.462 e. The fourth-order valence-electron chi connectivity index (χ4n) is 2.11. The molecule has 2 rings (SSSR count). The summed E-state index contributed by atoms with van der Waals surface area (Å²) in [5, 5.41) is 4.29. The number of hydrogen-bond acceptors (Lipinski definition) is 4. The molecular formula is C18H23NO2S. The van der Waals surface area contributed by atoms with Gasteiger partial charge < -0.3 is 10.1 Å². The highest BCUT2D eigenvalue weighted by atomic mass is 32.1. The number of anilines is 1. The lowest BCUT2D eigenvalue weighted by Crippen LogP contribution is -2.11. The van der Waals surface area contributed by atoms with E-state index in [9.17, 15) is 4.79 Å². The van der Waals surface area contributed by atoms with Gasteiger partial charge in [-0.05, 0) is 24.5 Å². The van der Waals surface area contributed by atoms with E-state index in [4.69, 9.17) is 4.74 Å². The number of esters is 1. The topological polar surface area (TPSA) is 38.3 Å². The Labute approximate surface area is 136 Å². The normalized spacial score (nSPS) is 10.7. The molecule has 22 heavy (non-hydrogen) atoms. The number of ether oxygens (including phenoxy) is 1. The first-order valence-electron chi connectivity index (χ1n) is 7.67. The van der Waals surface area contributed by atoms with Crippen molar-refractivity contribution in [1.82, 2.24) is 0 Å². The molecule has 118 valence electrons. The highest BCUT2D eigenvalue weighted by Crippen LogP contribution is 2.30. The first kappa shape index (κ1) is 16.6. The average molecular weight is 317 g/mol. The van der Waals surface area contributed by atoms with Crippen molar-refractivity contribution < 1.29 is 9.53 Å². The van der Waals surface area contributed by atoms with Crippen LogP contribution in [-0.4, -0.2) is 19.1 Å². The highest BCUT2D eigenvalue weighted by Gasteiger charge is 2.17. The number of hydrogen-bond donors (Lipinski definition) is 1. The van der Waals surface area contributed by atoms with Crippen LogP contribution in [0.2, 0.25) is 0 Å². The minimum atomic E-state index is -0.246. The predicted octanol–water partition coefficient (Wildman–Crippen LogP) is 4.58. The van der Waals surface area contributed by atoms with Gasteiger partial charge in [0.15, 0.2) is 0 Å². The third kappa shape index (κ3) is 4.60. The van der Waals surface area contributed by atoms with Gasteiger partial charge in [0.1, 0.15) is 5.00 Å². The van der Waals surface area contributed by atoms with Gasteiger partial charge >= 0.3 is 5.97 Å². The first-order chi connectivity index (χ1) is 10.6. The zero-order chi connectivity index (χ0) is 15.9. The number of rotatable bonds is 7. The van der Waals surface area contributed by atoms with Crippen LogP contribution in [0.15, 0.2) is 36.4 Å². The summed E-state index contributed by atoms with van der Waals surface area (Å²) < 4.78 is 5.17. The van der Waals surface area contributed by atoms with E-state index in [1.54, 1.807) is 11.3 Å². The van der Waals surface area contributed by atoms with Gasteiger partial charge in [-0.25, -0.2) is 4.79 Å². The molecule has 4 heteroatoms. The van der Waals surface area contributed by atoms with Crippen LogP contribution >= 0.6 is 11.3 Å². The maximum atomic E-state index is 12.1. The Morgan fingerprint density at radius 2 is 2.00 bits per heavy atom. The third-order valence-electron chi connectivity index (χ3n) is 3.17. The summed E-state index contributed by atoms with van der Waals surface area (Å²) in [6, 6.07) is 12.2. The zero-order valence-electron chi connectivity index (χ0n) is 13.4. The summed E-state index contributed by atoms with van der Waals surface area (Å²) in [5.41, 5.74) is 1.90. The number of thiophene rings is 1. The van der Waals surface area contributed by atoms with Crippen molar-refractivity contribution in [3.63, 3.8) is 0 Å². The maximum Gasteiger partial charge on any atom is 0.341 e. The summed E-state index contributed by atoms with van der Waals surface area (Å²) in [6.45, 7) is 7.37. The third-order valence-corrected chi connectivity index (χ3v) is 4.26. The van der Waals surface area contributed by atoms with Crippen molar-refractivity contribution in [2.24, 2.45) is 5.92 Å². The van der Waals surface area contributed by atoms with Crippen LogP contribution in [0, 0.1) is 5.92 Å². The molecule has 1 heterocycles. The van der Waals surface area contributed by atoms with Gasteiger partial charge in [0.25, 0.3) is 0 Å². The van der Waals surface area contributed by atoms with E-state index >= 15 is 0 Å². The Kier molecular flexibility index (Phi) is 6.01. The van der Waals surface area contributed by atoms with Gasteiger partial charge in [-0.15, -0.1) is 11.3 Å². The Morgan fingerprint density at radius 3 is 2.64 bits per heavy atom. The molecule has 0 saturated heterocycles. The quantitative estimate of drug-likeness (QED) is 0.759. The molecule has 0 fully saturated rings. The summed E-state index contributed by atoms with van der Waals surface area (Å²) in [6.07, 6.45) is 0.835. The second-order valence-electron chi connectivity index (χ2n) is 5.61. The van der Waals surface area contributed by atoms with E-state index in [0.29, 0.717) is 18.1 Å². The van der Waals surface area contributed by atoms with Gasteiger partial charge in [-0.1, -0.05) is 44.2 Å². The van der Waals surface area contributed by atoms with Gasteiger partial charge in [-0.2, -0.15) is 0 Å². The van der Waals surface area contributed by atoms with E-state index < -0.39 is 0 Å². The largest absolute Gasteiger partial charge is 0.462 e. The van der Waals surface area contributed by atoms with E-state index in [1.165, 1.54) is 10.4 Å². The van der Waals surface area contributed by atoms with Gasteiger partial charge in [-0.3, -0.25) is 0 Å². The maximum absolute atomic E-state index is 12.1. The second-order valence-corrected chi connectivity index (χ2v) is 6.75. The van der Waals surface area contributed by atoms with Crippen molar-refractivity contribution in [3.8, 4) is 0 Å². The van der Waals surface area contributed by atoms with Crippen molar-refractivity contribution >= 4 is 22.3 Å². The molecule has 1 aromatic heterocycles. The molecule has 0 saturated carbocycles. The van der Waals surface area contributed by atoms with Gasteiger partial charge in [0.2, 0.25) is 0 Å². The highest BCUT2D eigenvalue weighted by molar-refractivity contribution is 7.16. The number of nitrogens with one attached hydrogen (secondary N) is 1. The van der Waals surface area contributed by atoms with Crippen molar-refractivity contribution in [3.05, 3.63) is 52.4 Å². The molecule has 2 aromatic rings. The van der Waals surface area contributed by atoms with E-state index in [0.717, 1.165) is 18.0 Å². The number of carbonyl (C=O) groups excluding carboxylic acids is 1. The van der Waals surface area contributed by atoms with Crippen molar-refractivity contribution in [2.75, 3.05) is 18.5 Å². The van der Waals surface area contributed by atoms with Crippen LogP contribution < -0.4 is 5.32 Å². The Hall–Kier alpha value is -1.81. The fraction of sp³-hybridized carbons (Fsp3) is 0.389. The van der Waals surface area contributed by atoms with Crippen molar-refractivity contribution in [1.29, 1.82) is 0 Å². The summed E-state index contributed by atoms with van der Waals surface area (Å²) in [4.78, 5) is 13.3. The summed E-state index contributed by atoms with van der Waals surface area (Å²) >= 11 is 1.64. The van der Waals surface area contributed by atoms with Crippen molar-refractivity contribution in [2.45, 2.75) is 27.2 Å². The van der Waals surface area contributed by atoms with Crippen LogP contribution in [0.4, 0.5) is 5.00 Å². The lowest BCUT2D eigenvalue weighted by Gasteiger charge is -2.08. The Bertz CT molecular complexity index is 605. The minimum absolute atomic E-state index is 0.246. The van der Waals surface area contributed by atoms with E-state index in [-0.39, 0.29) is 5.97 Å². The summed E-state index contributed by atoms with van der Waals surface area (Å²) in [7, 11) is 0. The van der Waals surface area contributed by atoms with Crippen LogP contribution in [0.3, 0.4) is 0 Å². The molecule has 0 aliphatic carbocycles. The Morgan fingerprint density at radius 1 is 1.27 bits per heavy atom. The summed E-state index contributed by atoms with van der Waals surface area (Å²) in [5.74, 6) is 0.277.